The molecule has 0 saturated carbocycles. The van der Waals surface area contributed by atoms with E-state index in [-0.39, 0.29) is 18.2 Å². The van der Waals surface area contributed by atoms with Crippen molar-refractivity contribution in [2.24, 2.45) is 0 Å². The van der Waals surface area contributed by atoms with Crippen LogP contribution in [0.3, 0.4) is 0 Å². The van der Waals surface area contributed by atoms with E-state index in [0.29, 0.717) is 11.3 Å². The van der Waals surface area contributed by atoms with Crippen LogP contribution < -0.4 is 4.74 Å². The number of fused-ring (bicyclic) bond motifs is 1. The summed E-state index contributed by atoms with van der Waals surface area (Å²) in [4.78, 5) is 16.3. The van der Waals surface area contributed by atoms with Crippen LogP contribution in [0, 0.1) is 0 Å². The Morgan fingerprint density at radius 3 is 2.63 bits per heavy atom. The quantitative estimate of drug-likeness (QED) is 0.795. The van der Waals surface area contributed by atoms with Crippen LogP contribution in [0.5, 0.6) is 5.75 Å². The average Bonchev–Trinajstić information content (AvgIpc) is 2.72. The Hall–Kier alpha value is -2.04. The van der Waals surface area contributed by atoms with Crippen LogP contribution in [-0.4, -0.2) is 27.6 Å². The van der Waals surface area contributed by atoms with Crippen molar-refractivity contribution in [2.75, 3.05) is 0 Å². The van der Waals surface area contributed by atoms with E-state index in [1.165, 1.54) is 0 Å². The second-order valence-electron chi connectivity index (χ2n) is 4.86. The Bertz CT molecular complexity index is 587. The molecule has 0 amide bonds. The Morgan fingerprint density at radius 1 is 1.26 bits per heavy atom. The number of carbonyl (C=O) groups is 1. The molecule has 0 spiro atoms. The van der Waals surface area contributed by atoms with Gasteiger partial charge in [0.25, 0.3) is 0 Å². The van der Waals surface area contributed by atoms with Gasteiger partial charge in [-0.2, -0.15) is 0 Å². The van der Waals surface area contributed by atoms with Gasteiger partial charge in [-0.3, -0.25) is 0 Å². The van der Waals surface area contributed by atoms with Crippen LogP contribution in [0.1, 0.15) is 38.1 Å². The van der Waals surface area contributed by atoms with Crippen molar-refractivity contribution in [3.63, 3.8) is 0 Å². The summed E-state index contributed by atoms with van der Waals surface area (Å²) in [5.74, 6) is 0.112. The van der Waals surface area contributed by atoms with Gasteiger partial charge < -0.3 is 13.9 Å². The lowest BCUT2D eigenvalue weighted by Crippen LogP contribution is -2.16. The van der Waals surface area contributed by atoms with Crippen molar-refractivity contribution in [1.82, 2.24) is 9.38 Å². The molecule has 0 aliphatic heterocycles. The molecule has 0 saturated heterocycles. The molecule has 0 aromatic carbocycles. The first-order valence-electron chi connectivity index (χ1n) is 6.31. The molecule has 5 nitrogen and oxygen atoms in total. The fourth-order valence-corrected chi connectivity index (χ4v) is 1.73. The maximum Gasteiger partial charge on any atom is 0.343 e. The number of ether oxygens (including phenoxy) is 2. The predicted molar refractivity (Wildman–Crippen MR) is 71.5 cm³/mol. The third kappa shape index (κ3) is 3.05. The second-order valence-corrected chi connectivity index (χ2v) is 4.86. The SMILES string of the molecule is CC(C)OC(=O)c1cn2ccnc2cc1OC(C)C. The minimum atomic E-state index is -0.388. The van der Waals surface area contributed by atoms with Gasteiger partial charge in [-0.05, 0) is 27.7 Å². The van der Waals surface area contributed by atoms with Crippen LogP contribution >= 0.6 is 0 Å². The summed E-state index contributed by atoms with van der Waals surface area (Å²) in [5, 5.41) is 0. The highest BCUT2D eigenvalue weighted by Crippen LogP contribution is 2.23. The number of hydrogen-bond donors (Lipinski definition) is 0. The molecule has 0 fully saturated rings. The summed E-state index contributed by atoms with van der Waals surface area (Å²) in [5.41, 5.74) is 1.14. The van der Waals surface area contributed by atoms with Gasteiger partial charge in [-0.1, -0.05) is 0 Å². The first kappa shape index (κ1) is 13.4. The third-order valence-corrected chi connectivity index (χ3v) is 2.42. The van der Waals surface area contributed by atoms with Crippen molar-refractivity contribution in [1.29, 1.82) is 0 Å². The van der Waals surface area contributed by atoms with Crippen LogP contribution in [0.4, 0.5) is 0 Å². The lowest BCUT2D eigenvalue weighted by Gasteiger charge is -2.15. The molecule has 0 aliphatic carbocycles. The highest BCUT2D eigenvalue weighted by Gasteiger charge is 2.18. The normalized spacial score (nSPS) is 11.3. The maximum absolute atomic E-state index is 12.1. The molecule has 19 heavy (non-hydrogen) atoms. The zero-order valence-electron chi connectivity index (χ0n) is 11.6. The lowest BCUT2D eigenvalue weighted by molar-refractivity contribution is 0.0371. The maximum atomic E-state index is 12.1. The molecular formula is C14H18N2O3. The largest absolute Gasteiger partial charge is 0.490 e. The van der Waals surface area contributed by atoms with E-state index in [0.717, 1.165) is 5.65 Å². The predicted octanol–water partition coefficient (Wildman–Crippen LogP) is 2.69. The molecule has 0 bridgehead atoms. The number of esters is 1. The molecule has 2 rings (SSSR count). The summed E-state index contributed by atoms with van der Waals surface area (Å²) in [6.07, 6.45) is 4.94. The molecule has 0 radical (unpaired) electrons. The van der Waals surface area contributed by atoms with E-state index in [9.17, 15) is 4.79 Å². The zero-order valence-corrected chi connectivity index (χ0v) is 11.6. The number of pyridine rings is 1. The monoisotopic (exact) mass is 262 g/mol. The van der Waals surface area contributed by atoms with Gasteiger partial charge >= 0.3 is 5.97 Å². The van der Waals surface area contributed by atoms with E-state index in [4.69, 9.17) is 9.47 Å². The molecule has 102 valence electrons. The van der Waals surface area contributed by atoms with Crippen molar-refractivity contribution in [3.8, 4) is 5.75 Å². The smallest absolute Gasteiger partial charge is 0.343 e. The van der Waals surface area contributed by atoms with E-state index in [1.807, 2.05) is 27.7 Å². The average molecular weight is 262 g/mol. The van der Waals surface area contributed by atoms with E-state index in [2.05, 4.69) is 4.98 Å². The van der Waals surface area contributed by atoms with Gasteiger partial charge in [0.15, 0.2) is 0 Å². The molecule has 0 unspecified atom stereocenters. The fraction of sp³-hybridized carbons (Fsp3) is 0.429. The van der Waals surface area contributed by atoms with Gasteiger partial charge in [-0.15, -0.1) is 0 Å². The summed E-state index contributed by atoms with van der Waals surface area (Å²) in [7, 11) is 0. The number of nitrogens with zero attached hydrogens (tertiary/aromatic N) is 2. The molecular weight excluding hydrogens is 244 g/mol. The van der Waals surface area contributed by atoms with Crippen molar-refractivity contribution in [2.45, 2.75) is 39.9 Å². The van der Waals surface area contributed by atoms with Crippen molar-refractivity contribution < 1.29 is 14.3 Å². The molecule has 2 heterocycles. The number of aromatic nitrogens is 2. The van der Waals surface area contributed by atoms with Crippen LogP contribution in [0.15, 0.2) is 24.7 Å². The van der Waals surface area contributed by atoms with E-state index < -0.39 is 0 Å². The van der Waals surface area contributed by atoms with Crippen LogP contribution in [0.25, 0.3) is 5.65 Å². The Labute approximate surface area is 112 Å². The van der Waals surface area contributed by atoms with Crippen molar-refractivity contribution in [3.05, 3.63) is 30.2 Å². The number of carbonyl (C=O) groups excluding carboxylic acids is 1. The Morgan fingerprint density at radius 2 is 2.00 bits per heavy atom. The minimum Gasteiger partial charge on any atom is -0.490 e. The number of rotatable bonds is 4. The standard InChI is InChI=1S/C14H18N2O3/c1-9(2)18-12-7-13-15-5-6-16(13)8-11(12)14(17)19-10(3)4/h5-10H,1-4H3. The molecule has 0 atom stereocenters. The lowest BCUT2D eigenvalue weighted by atomic mass is 10.2. The summed E-state index contributed by atoms with van der Waals surface area (Å²) in [6.45, 7) is 7.45. The van der Waals surface area contributed by atoms with Gasteiger partial charge in [0.2, 0.25) is 0 Å². The van der Waals surface area contributed by atoms with Gasteiger partial charge in [0.1, 0.15) is 17.0 Å². The van der Waals surface area contributed by atoms with Crippen LogP contribution in [-0.2, 0) is 4.74 Å². The second kappa shape index (κ2) is 5.30. The molecule has 0 aliphatic rings. The number of hydrogen-bond acceptors (Lipinski definition) is 4. The summed E-state index contributed by atoms with van der Waals surface area (Å²) >= 11 is 0. The highest BCUT2D eigenvalue weighted by atomic mass is 16.5. The minimum absolute atomic E-state index is 0.0250. The molecule has 2 aromatic heterocycles. The summed E-state index contributed by atoms with van der Waals surface area (Å²) < 4.78 is 12.7. The Kier molecular flexibility index (Phi) is 3.74. The topological polar surface area (TPSA) is 52.8 Å². The van der Waals surface area contributed by atoms with Gasteiger partial charge in [0, 0.05) is 24.7 Å². The van der Waals surface area contributed by atoms with Gasteiger partial charge in [-0.25, -0.2) is 9.78 Å². The van der Waals surface area contributed by atoms with Gasteiger partial charge in [0.05, 0.1) is 12.2 Å². The first-order valence-corrected chi connectivity index (χ1v) is 6.31. The summed E-state index contributed by atoms with van der Waals surface area (Å²) in [6, 6.07) is 1.75. The number of imidazole rings is 1. The molecule has 0 N–H and O–H groups in total. The Balaban J connectivity index is 2.45. The van der Waals surface area contributed by atoms with E-state index in [1.54, 1.807) is 29.1 Å². The highest BCUT2D eigenvalue weighted by molar-refractivity contribution is 5.92. The first-order chi connectivity index (χ1) is 8.97. The zero-order chi connectivity index (χ0) is 14.0. The van der Waals surface area contributed by atoms with E-state index >= 15 is 0 Å². The van der Waals surface area contributed by atoms with Crippen LogP contribution in [0.2, 0.25) is 0 Å². The molecule has 2 aromatic rings. The third-order valence-electron chi connectivity index (χ3n) is 2.42. The van der Waals surface area contributed by atoms with Crippen molar-refractivity contribution >= 4 is 11.6 Å². The molecule has 5 heteroatoms. The fourth-order valence-electron chi connectivity index (χ4n) is 1.73.